The zero-order chi connectivity index (χ0) is 21.1. The molecule has 0 amide bonds. The van der Waals surface area contributed by atoms with Crippen molar-refractivity contribution < 1.29 is 4.74 Å². The maximum Gasteiger partial charge on any atom is 0.350 e. The van der Waals surface area contributed by atoms with E-state index in [0.29, 0.717) is 12.4 Å². The molecule has 1 aliphatic rings. The molecular formula is C23H29N5O2. The molecule has 1 aliphatic heterocycles. The lowest BCUT2D eigenvalue weighted by molar-refractivity contribution is 0.415. The summed E-state index contributed by atoms with van der Waals surface area (Å²) in [4.78, 5) is 17.4. The van der Waals surface area contributed by atoms with Gasteiger partial charge in [-0.15, -0.1) is 0 Å². The van der Waals surface area contributed by atoms with Gasteiger partial charge in [-0.1, -0.05) is 6.92 Å². The van der Waals surface area contributed by atoms with E-state index in [2.05, 4.69) is 39.2 Å². The molecule has 0 saturated carbocycles. The Hall–Kier alpha value is -3.22. The van der Waals surface area contributed by atoms with E-state index in [1.807, 2.05) is 38.1 Å². The first kappa shape index (κ1) is 20.1. The van der Waals surface area contributed by atoms with Gasteiger partial charge in [0.05, 0.1) is 12.8 Å². The predicted octanol–water partition coefficient (Wildman–Crippen LogP) is 3.09. The van der Waals surface area contributed by atoms with Crippen LogP contribution in [0.25, 0.3) is 5.69 Å². The van der Waals surface area contributed by atoms with Gasteiger partial charge in [0.25, 0.3) is 0 Å². The van der Waals surface area contributed by atoms with Crippen molar-refractivity contribution in [3.8, 4) is 11.4 Å². The first-order valence-corrected chi connectivity index (χ1v) is 10.5. The fourth-order valence-corrected chi connectivity index (χ4v) is 4.00. The number of anilines is 2. The number of aromatic nitrogens is 3. The lowest BCUT2D eigenvalue weighted by atomic mass is 10.2. The summed E-state index contributed by atoms with van der Waals surface area (Å²) >= 11 is 0. The van der Waals surface area contributed by atoms with Gasteiger partial charge in [-0.2, -0.15) is 5.10 Å². The van der Waals surface area contributed by atoms with Crippen molar-refractivity contribution in [2.75, 3.05) is 43.1 Å². The van der Waals surface area contributed by atoms with E-state index in [4.69, 9.17) is 4.74 Å². The summed E-state index contributed by atoms with van der Waals surface area (Å²) in [5.74, 6) is 1.60. The van der Waals surface area contributed by atoms with Crippen molar-refractivity contribution in [2.45, 2.75) is 26.8 Å². The molecule has 158 valence electrons. The Labute approximate surface area is 177 Å². The second kappa shape index (κ2) is 8.65. The van der Waals surface area contributed by atoms with E-state index >= 15 is 0 Å². The number of ether oxygens (including phenoxy) is 1. The second-order valence-corrected chi connectivity index (χ2v) is 7.58. The summed E-state index contributed by atoms with van der Waals surface area (Å²) in [5, 5.41) is 4.38. The van der Waals surface area contributed by atoms with Crippen LogP contribution in [0.5, 0.6) is 5.75 Å². The lowest BCUT2D eigenvalue weighted by Gasteiger charge is -2.37. The minimum absolute atomic E-state index is 0.0739. The highest BCUT2D eigenvalue weighted by Gasteiger charge is 2.18. The number of rotatable bonds is 6. The third-order valence-corrected chi connectivity index (χ3v) is 5.63. The summed E-state index contributed by atoms with van der Waals surface area (Å²) < 4.78 is 8.47. The SMILES string of the molecule is CCCn1nc(C)n(-c2ccc(N3CCN(c4ccc(OC)cc4)CC3)cc2)c1=O. The van der Waals surface area contributed by atoms with E-state index in [-0.39, 0.29) is 5.69 Å². The molecule has 0 radical (unpaired) electrons. The largest absolute Gasteiger partial charge is 0.497 e. The molecule has 4 rings (SSSR count). The minimum Gasteiger partial charge on any atom is -0.497 e. The van der Waals surface area contributed by atoms with Gasteiger partial charge in [-0.05, 0) is 61.9 Å². The van der Waals surface area contributed by atoms with Gasteiger partial charge in [0.15, 0.2) is 0 Å². The van der Waals surface area contributed by atoms with Gasteiger partial charge in [-0.25, -0.2) is 14.0 Å². The fraction of sp³-hybridized carbons (Fsp3) is 0.391. The Morgan fingerprint density at radius 2 is 1.37 bits per heavy atom. The fourth-order valence-electron chi connectivity index (χ4n) is 4.00. The van der Waals surface area contributed by atoms with Crippen LogP contribution in [0.1, 0.15) is 19.2 Å². The molecule has 1 fully saturated rings. The van der Waals surface area contributed by atoms with E-state index in [0.717, 1.165) is 44.0 Å². The number of aryl methyl sites for hydroxylation is 2. The van der Waals surface area contributed by atoms with E-state index in [9.17, 15) is 4.79 Å². The first-order chi connectivity index (χ1) is 14.6. The molecule has 30 heavy (non-hydrogen) atoms. The van der Waals surface area contributed by atoms with Gasteiger partial charge in [0.2, 0.25) is 0 Å². The van der Waals surface area contributed by atoms with Crippen molar-refractivity contribution in [2.24, 2.45) is 0 Å². The maximum absolute atomic E-state index is 12.6. The number of benzene rings is 2. The molecule has 1 aromatic heterocycles. The normalized spacial score (nSPS) is 14.2. The number of hydrogen-bond donors (Lipinski definition) is 0. The van der Waals surface area contributed by atoms with E-state index in [1.54, 1.807) is 16.4 Å². The summed E-state index contributed by atoms with van der Waals surface area (Å²) in [6.45, 7) is 8.41. The highest BCUT2D eigenvalue weighted by Crippen LogP contribution is 2.23. The Morgan fingerprint density at radius 3 is 1.87 bits per heavy atom. The Morgan fingerprint density at radius 1 is 0.867 bits per heavy atom. The van der Waals surface area contributed by atoms with Crippen LogP contribution in [0, 0.1) is 6.92 Å². The molecule has 0 bridgehead atoms. The molecule has 0 unspecified atom stereocenters. The van der Waals surface area contributed by atoms with Gasteiger partial charge >= 0.3 is 5.69 Å². The Bertz CT molecular complexity index is 1030. The van der Waals surface area contributed by atoms with Crippen LogP contribution < -0.4 is 20.2 Å². The third kappa shape index (κ3) is 3.92. The molecule has 7 heteroatoms. The van der Waals surface area contributed by atoms with E-state index < -0.39 is 0 Å². The smallest absolute Gasteiger partial charge is 0.350 e. The molecule has 7 nitrogen and oxygen atoms in total. The van der Waals surface area contributed by atoms with Crippen LogP contribution >= 0.6 is 0 Å². The van der Waals surface area contributed by atoms with Gasteiger partial charge < -0.3 is 14.5 Å². The quantitative estimate of drug-likeness (QED) is 0.629. The van der Waals surface area contributed by atoms with Crippen molar-refractivity contribution >= 4 is 11.4 Å². The summed E-state index contributed by atoms with van der Waals surface area (Å²) in [7, 11) is 1.69. The second-order valence-electron chi connectivity index (χ2n) is 7.58. The average Bonchev–Trinajstić information content (AvgIpc) is 3.07. The van der Waals surface area contributed by atoms with Gasteiger partial charge in [0.1, 0.15) is 11.6 Å². The van der Waals surface area contributed by atoms with Crippen LogP contribution in [-0.2, 0) is 6.54 Å². The molecule has 3 aromatic rings. The van der Waals surface area contributed by atoms with Gasteiger partial charge in [0, 0.05) is 44.1 Å². The molecule has 0 N–H and O–H groups in total. The molecule has 2 heterocycles. The highest BCUT2D eigenvalue weighted by molar-refractivity contribution is 5.54. The number of piperazine rings is 1. The summed E-state index contributed by atoms with van der Waals surface area (Å²) in [5.41, 5.74) is 3.19. The molecule has 1 saturated heterocycles. The van der Waals surface area contributed by atoms with E-state index in [1.165, 1.54) is 11.4 Å². The zero-order valence-electron chi connectivity index (χ0n) is 17.9. The number of hydrogen-bond acceptors (Lipinski definition) is 5. The average molecular weight is 408 g/mol. The molecule has 0 spiro atoms. The molecule has 2 aromatic carbocycles. The van der Waals surface area contributed by atoms with Crippen LogP contribution in [0.15, 0.2) is 53.3 Å². The monoisotopic (exact) mass is 407 g/mol. The number of methoxy groups -OCH3 is 1. The van der Waals surface area contributed by atoms with Crippen LogP contribution in [0.3, 0.4) is 0 Å². The maximum atomic E-state index is 12.6. The van der Waals surface area contributed by atoms with Crippen LogP contribution in [-0.4, -0.2) is 47.6 Å². The first-order valence-electron chi connectivity index (χ1n) is 10.5. The molecule has 0 atom stereocenters. The van der Waals surface area contributed by atoms with Crippen molar-refractivity contribution in [3.05, 3.63) is 64.8 Å². The van der Waals surface area contributed by atoms with Gasteiger partial charge in [-0.3, -0.25) is 0 Å². The van der Waals surface area contributed by atoms with Crippen molar-refractivity contribution in [1.82, 2.24) is 14.3 Å². The summed E-state index contributed by atoms with van der Waals surface area (Å²) in [6, 6.07) is 16.5. The van der Waals surface area contributed by atoms with Crippen molar-refractivity contribution in [3.63, 3.8) is 0 Å². The van der Waals surface area contributed by atoms with Crippen molar-refractivity contribution in [1.29, 1.82) is 0 Å². The van der Waals surface area contributed by atoms with Crippen LogP contribution in [0.4, 0.5) is 11.4 Å². The molecule has 0 aliphatic carbocycles. The number of nitrogens with zero attached hydrogens (tertiary/aromatic N) is 5. The predicted molar refractivity (Wildman–Crippen MR) is 120 cm³/mol. The third-order valence-electron chi connectivity index (χ3n) is 5.63. The highest BCUT2D eigenvalue weighted by atomic mass is 16.5. The Kier molecular flexibility index (Phi) is 5.79. The minimum atomic E-state index is -0.0739. The topological polar surface area (TPSA) is 55.5 Å². The van der Waals surface area contributed by atoms with Crippen LogP contribution in [0.2, 0.25) is 0 Å². The summed E-state index contributed by atoms with van der Waals surface area (Å²) in [6.07, 6.45) is 0.887. The lowest BCUT2D eigenvalue weighted by Crippen LogP contribution is -2.46. The Balaban J connectivity index is 1.43. The molecular weight excluding hydrogens is 378 g/mol. The standard InChI is InChI=1S/C23H29N5O2/c1-4-13-27-23(29)28(18(2)24-27)21-7-5-19(6-8-21)25-14-16-26(17-15-25)20-9-11-22(30-3)12-10-20/h5-12H,4,13-17H2,1-3H3. The zero-order valence-corrected chi connectivity index (χ0v) is 17.9.